The Morgan fingerprint density at radius 3 is 2.72 bits per heavy atom. The summed E-state index contributed by atoms with van der Waals surface area (Å²) in [6.45, 7) is 4.68. The Bertz CT molecular complexity index is 524. The molecule has 18 heavy (non-hydrogen) atoms. The Labute approximate surface area is 110 Å². The molecule has 0 saturated heterocycles. The van der Waals surface area contributed by atoms with E-state index in [1.54, 1.807) is 11.3 Å². The predicted octanol–water partition coefficient (Wildman–Crippen LogP) is 1.70. The second-order valence-electron chi connectivity index (χ2n) is 3.78. The fourth-order valence-corrected chi connectivity index (χ4v) is 2.38. The van der Waals surface area contributed by atoms with Crippen molar-refractivity contribution in [1.82, 2.24) is 15.0 Å². The summed E-state index contributed by atoms with van der Waals surface area (Å²) >= 11 is 1.63. The van der Waals surface area contributed by atoms with E-state index in [4.69, 9.17) is 5.84 Å². The van der Waals surface area contributed by atoms with Gasteiger partial charge in [0.05, 0.1) is 6.54 Å². The van der Waals surface area contributed by atoms with E-state index in [0.29, 0.717) is 12.4 Å². The molecule has 0 aliphatic carbocycles. The van der Waals surface area contributed by atoms with Crippen LogP contribution in [0.1, 0.15) is 23.2 Å². The first kappa shape index (κ1) is 12.7. The number of aryl methyl sites for hydroxylation is 1. The quantitative estimate of drug-likeness (QED) is 0.562. The van der Waals surface area contributed by atoms with Gasteiger partial charge in [-0.25, -0.2) is 20.8 Å². The molecule has 2 aromatic heterocycles. The van der Waals surface area contributed by atoms with Gasteiger partial charge in [-0.2, -0.15) is 0 Å². The van der Waals surface area contributed by atoms with Crippen molar-refractivity contribution >= 4 is 23.0 Å². The molecule has 0 saturated carbocycles. The first-order valence-corrected chi connectivity index (χ1v) is 6.58. The highest BCUT2D eigenvalue weighted by Gasteiger charge is 2.09. The molecule has 0 fully saturated rings. The molecule has 4 N–H and O–H groups in total. The summed E-state index contributed by atoms with van der Waals surface area (Å²) in [6, 6.07) is 0. The van der Waals surface area contributed by atoms with Gasteiger partial charge in [0.1, 0.15) is 23.0 Å². The lowest BCUT2D eigenvalue weighted by Gasteiger charge is -2.11. The number of hydrogen-bond acceptors (Lipinski definition) is 7. The van der Waals surface area contributed by atoms with Crippen LogP contribution in [-0.4, -0.2) is 15.0 Å². The van der Waals surface area contributed by atoms with Crippen molar-refractivity contribution < 1.29 is 0 Å². The van der Waals surface area contributed by atoms with Gasteiger partial charge in [-0.3, -0.25) is 0 Å². The maximum Gasteiger partial charge on any atom is 0.148 e. The molecular formula is C11H16N6S. The van der Waals surface area contributed by atoms with Crippen LogP contribution in [0.4, 0.5) is 11.6 Å². The van der Waals surface area contributed by atoms with E-state index in [1.165, 1.54) is 6.33 Å². The first-order valence-electron chi connectivity index (χ1n) is 5.70. The molecule has 0 bridgehead atoms. The van der Waals surface area contributed by atoms with Crippen LogP contribution >= 0.6 is 11.3 Å². The van der Waals surface area contributed by atoms with Gasteiger partial charge in [-0.1, -0.05) is 6.92 Å². The third-order valence-electron chi connectivity index (χ3n) is 2.51. The number of nitrogens with one attached hydrogen (secondary N) is 2. The monoisotopic (exact) mass is 264 g/mol. The molecule has 0 amide bonds. The van der Waals surface area contributed by atoms with Gasteiger partial charge in [-0.15, -0.1) is 11.3 Å². The fourth-order valence-electron chi connectivity index (χ4n) is 1.67. The molecule has 0 aliphatic heterocycles. The number of hydrazine groups is 1. The van der Waals surface area contributed by atoms with Gasteiger partial charge in [0, 0.05) is 16.6 Å². The minimum absolute atomic E-state index is 0.658. The zero-order valence-electron chi connectivity index (χ0n) is 10.4. The standard InChI is InChI=1S/C11H16N6S/c1-3-8-10(14-6-15-11(8)17-12)13-4-9-16-7(2)5-18-9/h5-6H,3-4,12H2,1-2H3,(H2,13,14,15,17). The molecular weight excluding hydrogens is 248 g/mol. The number of hydrogen-bond donors (Lipinski definition) is 3. The predicted molar refractivity (Wildman–Crippen MR) is 73.4 cm³/mol. The Kier molecular flexibility index (Phi) is 4.06. The normalized spacial score (nSPS) is 10.4. The molecule has 0 atom stereocenters. The molecule has 7 heteroatoms. The highest BCUT2D eigenvalue weighted by Crippen LogP contribution is 2.20. The molecule has 2 heterocycles. The number of thiazole rings is 1. The number of nitrogens with two attached hydrogens (primary N) is 1. The highest BCUT2D eigenvalue weighted by atomic mass is 32.1. The Hall–Kier alpha value is -1.73. The molecule has 0 spiro atoms. The van der Waals surface area contributed by atoms with Crippen molar-refractivity contribution in [1.29, 1.82) is 0 Å². The average Bonchev–Trinajstić information content (AvgIpc) is 2.81. The smallest absolute Gasteiger partial charge is 0.148 e. The largest absolute Gasteiger partial charge is 0.363 e. The second-order valence-corrected chi connectivity index (χ2v) is 4.73. The lowest BCUT2D eigenvalue weighted by atomic mass is 10.2. The number of nitrogens with zero attached hydrogens (tertiary/aromatic N) is 3. The summed E-state index contributed by atoms with van der Waals surface area (Å²) in [4.78, 5) is 12.7. The summed E-state index contributed by atoms with van der Waals surface area (Å²) in [5.41, 5.74) is 4.61. The summed E-state index contributed by atoms with van der Waals surface area (Å²) in [5, 5.41) is 6.34. The topological polar surface area (TPSA) is 88.8 Å². The molecule has 0 aliphatic rings. The van der Waals surface area contributed by atoms with Crippen molar-refractivity contribution in [2.24, 2.45) is 5.84 Å². The molecule has 6 nitrogen and oxygen atoms in total. The summed E-state index contributed by atoms with van der Waals surface area (Å²) < 4.78 is 0. The van der Waals surface area contributed by atoms with Crippen LogP contribution in [0.3, 0.4) is 0 Å². The van der Waals surface area contributed by atoms with Crippen molar-refractivity contribution in [3.05, 3.63) is 28.0 Å². The number of nitrogen functional groups attached to an aromatic ring is 1. The van der Waals surface area contributed by atoms with E-state index in [1.807, 2.05) is 19.2 Å². The Morgan fingerprint density at radius 1 is 1.33 bits per heavy atom. The second kappa shape index (κ2) is 5.74. The minimum Gasteiger partial charge on any atom is -0.363 e. The van der Waals surface area contributed by atoms with Gasteiger partial charge in [0.25, 0.3) is 0 Å². The van der Waals surface area contributed by atoms with Gasteiger partial charge in [0.2, 0.25) is 0 Å². The Balaban J connectivity index is 2.13. The van der Waals surface area contributed by atoms with Crippen LogP contribution in [0.2, 0.25) is 0 Å². The van der Waals surface area contributed by atoms with E-state index < -0.39 is 0 Å². The van der Waals surface area contributed by atoms with Crippen molar-refractivity contribution in [3.8, 4) is 0 Å². The summed E-state index contributed by atoms with van der Waals surface area (Å²) in [7, 11) is 0. The summed E-state index contributed by atoms with van der Waals surface area (Å²) in [5.74, 6) is 6.88. The number of anilines is 2. The van der Waals surface area contributed by atoms with Crippen LogP contribution in [0, 0.1) is 6.92 Å². The van der Waals surface area contributed by atoms with Crippen molar-refractivity contribution in [2.75, 3.05) is 10.7 Å². The maximum atomic E-state index is 5.43. The van der Waals surface area contributed by atoms with Crippen molar-refractivity contribution in [3.63, 3.8) is 0 Å². The van der Waals surface area contributed by atoms with Gasteiger partial charge in [-0.05, 0) is 13.3 Å². The third kappa shape index (κ3) is 2.74. The zero-order valence-corrected chi connectivity index (χ0v) is 11.2. The molecule has 0 unspecified atom stereocenters. The Morgan fingerprint density at radius 2 is 2.11 bits per heavy atom. The van der Waals surface area contributed by atoms with Crippen molar-refractivity contribution in [2.45, 2.75) is 26.8 Å². The van der Waals surface area contributed by atoms with Crippen LogP contribution in [0.5, 0.6) is 0 Å². The molecule has 0 radical (unpaired) electrons. The SMILES string of the molecule is CCc1c(NN)ncnc1NCc1nc(C)cs1. The van der Waals surface area contributed by atoms with Crippen LogP contribution in [0.15, 0.2) is 11.7 Å². The minimum atomic E-state index is 0.658. The number of rotatable bonds is 5. The zero-order chi connectivity index (χ0) is 13.0. The van der Waals surface area contributed by atoms with Gasteiger partial charge < -0.3 is 10.7 Å². The van der Waals surface area contributed by atoms with Crippen LogP contribution in [0.25, 0.3) is 0 Å². The van der Waals surface area contributed by atoms with Gasteiger partial charge >= 0.3 is 0 Å². The highest BCUT2D eigenvalue weighted by molar-refractivity contribution is 7.09. The lowest BCUT2D eigenvalue weighted by molar-refractivity contribution is 0.994. The third-order valence-corrected chi connectivity index (χ3v) is 3.48. The van der Waals surface area contributed by atoms with E-state index in [-0.39, 0.29) is 0 Å². The molecule has 2 rings (SSSR count). The van der Waals surface area contributed by atoms with E-state index in [0.717, 1.165) is 28.5 Å². The lowest BCUT2D eigenvalue weighted by Crippen LogP contribution is -2.14. The fraction of sp³-hybridized carbons (Fsp3) is 0.364. The first-order chi connectivity index (χ1) is 8.74. The average molecular weight is 264 g/mol. The van der Waals surface area contributed by atoms with Crippen LogP contribution < -0.4 is 16.6 Å². The summed E-state index contributed by atoms with van der Waals surface area (Å²) in [6.07, 6.45) is 2.30. The molecule has 2 aromatic rings. The van der Waals surface area contributed by atoms with Gasteiger partial charge in [0.15, 0.2) is 0 Å². The number of aromatic nitrogens is 3. The van der Waals surface area contributed by atoms with E-state index >= 15 is 0 Å². The molecule has 96 valence electrons. The van der Waals surface area contributed by atoms with E-state index in [2.05, 4.69) is 25.7 Å². The van der Waals surface area contributed by atoms with Crippen LogP contribution in [-0.2, 0) is 13.0 Å². The van der Waals surface area contributed by atoms with E-state index in [9.17, 15) is 0 Å². The molecule has 0 aromatic carbocycles. The maximum absolute atomic E-state index is 5.43.